The number of benzene rings is 2. The number of nitrogens with one attached hydrogen (secondary N) is 1. The fourth-order valence-electron chi connectivity index (χ4n) is 5.87. The van der Waals surface area contributed by atoms with Gasteiger partial charge in [-0.1, -0.05) is 0 Å². The molecule has 1 fully saturated rings. The first-order valence-corrected chi connectivity index (χ1v) is 13.3. The van der Waals surface area contributed by atoms with Crippen LogP contribution in [0.25, 0.3) is 11.0 Å². The van der Waals surface area contributed by atoms with E-state index in [1.807, 2.05) is 29.8 Å². The number of rotatable bonds is 7. The molecule has 0 atom stereocenters. The highest BCUT2D eigenvalue weighted by atomic mass is 19.1. The maximum atomic E-state index is 13.3. The van der Waals surface area contributed by atoms with Crippen LogP contribution in [0.15, 0.2) is 60.8 Å². The molecule has 1 N–H and O–H groups in total. The number of imidazole rings is 1. The molecule has 8 heteroatoms. The Balaban J connectivity index is 1.29. The van der Waals surface area contributed by atoms with Gasteiger partial charge in [-0.2, -0.15) is 0 Å². The average Bonchev–Trinajstić information content (AvgIpc) is 3.18. The highest BCUT2D eigenvalue weighted by Crippen LogP contribution is 2.41. The highest BCUT2D eigenvalue weighted by molar-refractivity contribution is 5.94. The molecule has 0 aliphatic carbocycles. The third kappa shape index (κ3) is 5.66. The normalized spacial score (nSPS) is 17.3. The van der Waals surface area contributed by atoms with Gasteiger partial charge in [-0.25, -0.2) is 9.37 Å². The summed E-state index contributed by atoms with van der Waals surface area (Å²) in [5.74, 6) is 1.84. The Labute approximate surface area is 229 Å². The minimum absolute atomic E-state index is 0.0314. The number of Topliss-reactive ketones (excluding diaryl/α,β-unsaturated/α-hetero) is 1. The fraction of sp³-hybridized carbons (Fsp3) is 0.387. The first-order chi connectivity index (χ1) is 18.4. The van der Waals surface area contributed by atoms with Gasteiger partial charge in [0.05, 0.1) is 11.0 Å². The standard InChI is InChI=1S/C31H36FN5O2/c1-30(2)18-20(19-31(3,4)37(30)6)15-28(38)26-17-24(13-14-33-26)39-23-11-12-27-25(16-23)35-29(36(27)5)34-22-9-7-21(32)8-10-22/h7-14,16-17,20H,15,18-19H2,1-6H3,(H,34,35). The molecule has 0 radical (unpaired) electrons. The van der Waals surface area contributed by atoms with Gasteiger partial charge in [-0.15, -0.1) is 0 Å². The molecule has 0 unspecified atom stereocenters. The van der Waals surface area contributed by atoms with Gasteiger partial charge in [-0.3, -0.25) is 14.7 Å². The van der Waals surface area contributed by atoms with Gasteiger partial charge in [0.1, 0.15) is 23.0 Å². The van der Waals surface area contributed by atoms with E-state index in [0.717, 1.165) is 29.6 Å². The second kappa shape index (κ2) is 10.1. The second-order valence-electron chi connectivity index (χ2n) is 11.8. The zero-order chi connectivity index (χ0) is 27.9. The van der Waals surface area contributed by atoms with Crippen LogP contribution in [0.4, 0.5) is 16.0 Å². The summed E-state index contributed by atoms with van der Waals surface area (Å²) >= 11 is 0. The van der Waals surface area contributed by atoms with Crippen LogP contribution in [0.1, 0.15) is 57.4 Å². The lowest BCUT2D eigenvalue weighted by molar-refractivity contribution is -0.0300. The third-order valence-electron chi connectivity index (χ3n) is 8.07. The van der Waals surface area contributed by atoms with Crippen molar-refractivity contribution in [2.45, 2.75) is 58.0 Å². The summed E-state index contributed by atoms with van der Waals surface area (Å²) in [7, 11) is 4.08. The van der Waals surface area contributed by atoms with Crippen molar-refractivity contribution in [3.63, 3.8) is 0 Å². The molecule has 1 aliphatic rings. The minimum Gasteiger partial charge on any atom is -0.457 e. The van der Waals surface area contributed by atoms with E-state index in [2.05, 4.69) is 54.9 Å². The van der Waals surface area contributed by atoms with Gasteiger partial charge < -0.3 is 14.6 Å². The quantitative estimate of drug-likeness (QED) is 0.257. The number of ketones is 1. The van der Waals surface area contributed by atoms with E-state index in [1.54, 1.807) is 30.5 Å². The van der Waals surface area contributed by atoms with Crippen molar-refractivity contribution in [2.75, 3.05) is 12.4 Å². The number of hydrogen-bond donors (Lipinski definition) is 1. The van der Waals surface area contributed by atoms with E-state index in [0.29, 0.717) is 35.5 Å². The Morgan fingerprint density at radius 2 is 1.67 bits per heavy atom. The van der Waals surface area contributed by atoms with Crippen molar-refractivity contribution in [3.05, 3.63) is 72.3 Å². The number of pyridine rings is 1. The van der Waals surface area contributed by atoms with Gasteiger partial charge in [0.25, 0.3) is 0 Å². The van der Waals surface area contributed by atoms with E-state index in [1.165, 1.54) is 12.1 Å². The van der Waals surface area contributed by atoms with Gasteiger partial charge in [0.15, 0.2) is 5.78 Å². The van der Waals surface area contributed by atoms with Crippen LogP contribution < -0.4 is 10.1 Å². The van der Waals surface area contributed by atoms with Crippen LogP contribution in [0, 0.1) is 11.7 Å². The molecule has 2 aromatic heterocycles. The highest BCUT2D eigenvalue weighted by Gasteiger charge is 2.43. The lowest BCUT2D eigenvalue weighted by atomic mass is 9.72. The number of anilines is 2. The number of aromatic nitrogens is 3. The lowest BCUT2D eigenvalue weighted by Crippen LogP contribution is -2.58. The molecular formula is C31H36FN5O2. The molecule has 0 amide bonds. The molecular weight excluding hydrogens is 493 g/mol. The molecule has 7 nitrogen and oxygen atoms in total. The zero-order valence-electron chi connectivity index (χ0n) is 23.5. The fourth-order valence-corrected chi connectivity index (χ4v) is 5.87. The third-order valence-corrected chi connectivity index (χ3v) is 8.07. The van der Waals surface area contributed by atoms with Gasteiger partial charge in [-0.05, 0) is 96.0 Å². The summed E-state index contributed by atoms with van der Waals surface area (Å²) in [5, 5.41) is 3.22. The maximum absolute atomic E-state index is 13.3. The molecule has 0 bridgehead atoms. The molecule has 204 valence electrons. The minimum atomic E-state index is -0.289. The maximum Gasteiger partial charge on any atom is 0.208 e. The zero-order valence-corrected chi connectivity index (χ0v) is 23.5. The molecule has 5 rings (SSSR count). The van der Waals surface area contributed by atoms with Crippen molar-refractivity contribution in [1.29, 1.82) is 0 Å². The largest absolute Gasteiger partial charge is 0.457 e. The van der Waals surface area contributed by atoms with Crippen LogP contribution in [-0.4, -0.2) is 43.3 Å². The number of hydrogen-bond acceptors (Lipinski definition) is 6. The summed E-state index contributed by atoms with van der Waals surface area (Å²) in [4.78, 5) is 24.7. The Morgan fingerprint density at radius 1 is 1.00 bits per heavy atom. The Morgan fingerprint density at radius 3 is 2.36 bits per heavy atom. The number of fused-ring (bicyclic) bond motifs is 1. The molecule has 4 aromatic rings. The van der Waals surface area contributed by atoms with E-state index < -0.39 is 0 Å². The molecule has 39 heavy (non-hydrogen) atoms. The monoisotopic (exact) mass is 529 g/mol. The summed E-state index contributed by atoms with van der Waals surface area (Å²) in [6.45, 7) is 8.99. The molecule has 1 saturated heterocycles. The van der Waals surface area contributed by atoms with Gasteiger partial charge in [0, 0.05) is 48.6 Å². The van der Waals surface area contributed by atoms with Crippen molar-refractivity contribution >= 4 is 28.5 Å². The predicted molar refractivity (Wildman–Crippen MR) is 152 cm³/mol. The second-order valence-corrected chi connectivity index (χ2v) is 11.8. The number of ether oxygens (including phenoxy) is 1. The topological polar surface area (TPSA) is 72.3 Å². The average molecular weight is 530 g/mol. The molecule has 0 spiro atoms. The lowest BCUT2D eigenvalue weighted by Gasteiger charge is -2.53. The number of nitrogens with zero attached hydrogens (tertiary/aromatic N) is 4. The van der Waals surface area contributed by atoms with E-state index >= 15 is 0 Å². The van der Waals surface area contributed by atoms with Gasteiger partial charge >= 0.3 is 0 Å². The number of carbonyl (C=O) groups excluding carboxylic acids is 1. The van der Waals surface area contributed by atoms with E-state index in [9.17, 15) is 9.18 Å². The number of piperidine rings is 1. The van der Waals surface area contributed by atoms with Crippen molar-refractivity contribution < 1.29 is 13.9 Å². The molecule has 1 aliphatic heterocycles. The molecule has 0 saturated carbocycles. The van der Waals surface area contributed by atoms with Crippen molar-refractivity contribution in [3.8, 4) is 11.5 Å². The van der Waals surface area contributed by atoms with Crippen LogP contribution in [-0.2, 0) is 7.05 Å². The van der Waals surface area contributed by atoms with Crippen LogP contribution in [0.5, 0.6) is 11.5 Å². The van der Waals surface area contributed by atoms with Gasteiger partial charge in [0.2, 0.25) is 5.95 Å². The van der Waals surface area contributed by atoms with Crippen LogP contribution in [0.3, 0.4) is 0 Å². The van der Waals surface area contributed by atoms with Crippen LogP contribution >= 0.6 is 0 Å². The number of carbonyl (C=O) groups is 1. The summed E-state index contributed by atoms with van der Waals surface area (Å²) in [5.41, 5.74) is 2.89. The summed E-state index contributed by atoms with van der Waals surface area (Å²) < 4.78 is 21.3. The number of likely N-dealkylation sites (tertiary alicyclic amines) is 1. The van der Waals surface area contributed by atoms with E-state index in [-0.39, 0.29) is 22.7 Å². The summed E-state index contributed by atoms with van der Waals surface area (Å²) in [6, 6.07) is 15.3. The molecule has 3 heterocycles. The molecule has 2 aromatic carbocycles. The Bertz CT molecular complexity index is 1490. The number of aryl methyl sites for hydroxylation is 1. The first-order valence-electron chi connectivity index (χ1n) is 13.3. The SMILES string of the molecule is CN1C(C)(C)CC(CC(=O)c2cc(Oc3ccc4c(c3)nc(Nc3ccc(F)cc3)n4C)ccn2)CC1(C)C. The van der Waals surface area contributed by atoms with Crippen LogP contribution in [0.2, 0.25) is 0 Å². The first kappa shape index (κ1) is 26.8. The smallest absolute Gasteiger partial charge is 0.208 e. The van der Waals surface area contributed by atoms with Crippen molar-refractivity contribution in [1.82, 2.24) is 19.4 Å². The number of halogens is 1. The van der Waals surface area contributed by atoms with E-state index in [4.69, 9.17) is 4.74 Å². The Hall–Kier alpha value is -3.78. The van der Waals surface area contributed by atoms with Crippen molar-refractivity contribution in [2.24, 2.45) is 13.0 Å². The Kier molecular flexibility index (Phi) is 6.93. The summed E-state index contributed by atoms with van der Waals surface area (Å²) in [6.07, 6.45) is 4.03. The predicted octanol–water partition coefficient (Wildman–Crippen LogP) is 7.12.